The zero-order chi connectivity index (χ0) is 17.5. The SMILES string of the molecule is CC(=O)N1CC2(CCN(C(=O)c3sccc3C)CC2)C[C@@H]1C(=O)O. The summed E-state index contributed by atoms with van der Waals surface area (Å²) in [6, 6.07) is 1.21. The van der Waals surface area contributed by atoms with Crippen LogP contribution in [0.25, 0.3) is 0 Å². The molecule has 2 aliphatic heterocycles. The minimum absolute atomic E-state index is 0.0635. The number of piperidine rings is 1. The van der Waals surface area contributed by atoms with Crippen LogP contribution < -0.4 is 0 Å². The van der Waals surface area contributed by atoms with Crippen molar-refractivity contribution in [3.05, 3.63) is 21.9 Å². The number of hydrogen-bond donors (Lipinski definition) is 1. The molecule has 1 N–H and O–H groups in total. The molecule has 1 aromatic rings. The van der Waals surface area contributed by atoms with Gasteiger partial charge in [-0.1, -0.05) is 0 Å². The summed E-state index contributed by atoms with van der Waals surface area (Å²) in [6.07, 6.45) is 1.98. The van der Waals surface area contributed by atoms with Gasteiger partial charge in [-0.2, -0.15) is 0 Å². The molecule has 130 valence electrons. The number of aryl methyl sites for hydroxylation is 1. The molecule has 2 saturated heterocycles. The average Bonchev–Trinajstić information content (AvgIpc) is 3.12. The Kier molecular flexibility index (Phi) is 4.38. The topological polar surface area (TPSA) is 77.9 Å². The van der Waals surface area contributed by atoms with E-state index in [4.69, 9.17) is 0 Å². The molecule has 2 amide bonds. The van der Waals surface area contributed by atoms with Gasteiger partial charge in [-0.05, 0) is 48.6 Å². The van der Waals surface area contributed by atoms with Crippen LogP contribution >= 0.6 is 11.3 Å². The van der Waals surface area contributed by atoms with E-state index in [-0.39, 0.29) is 17.2 Å². The second-order valence-electron chi connectivity index (χ2n) is 6.93. The van der Waals surface area contributed by atoms with E-state index in [1.807, 2.05) is 23.3 Å². The highest BCUT2D eigenvalue weighted by molar-refractivity contribution is 7.12. The fraction of sp³-hybridized carbons (Fsp3) is 0.588. The van der Waals surface area contributed by atoms with Crippen molar-refractivity contribution in [3.8, 4) is 0 Å². The quantitative estimate of drug-likeness (QED) is 0.885. The molecule has 2 aliphatic rings. The predicted octanol–water partition coefficient (Wildman–Crippen LogP) is 1.98. The molecule has 0 saturated carbocycles. The molecule has 0 aliphatic carbocycles. The van der Waals surface area contributed by atoms with E-state index in [1.165, 1.54) is 23.2 Å². The molecule has 0 unspecified atom stereocenters. The fourth-order valence-electron chi connectivity index (χ4n) is 3.89. The number of rotatable bonds is 2. The Hall–Kier alpha value is -1.89. The van der Waals surface area contributed by atoms with E-state index >= 15 is 0 Å². The monoisotopic (exact) mass is 350 g/mol. The zero-order valence-corrected chi connectivity index (χ0v) is 14.8. The number of aliphatic carboxylic acids is 1. The van der Waals surface area contributed by atoms with E-state index in [0.29, 0.717) is 26.1 Å². The van der Waals surface area contributed by atoms with Crippen molar-refractivity contribution in [2.24, 2.45) is 5.41 Å². The van der Waals surface area contributed by atoms with Gasteiger partial charge in [-0.3, -0.25) is 9.59 Å². The molecule has 1 spiro atoms. The molecule has 7 heteroatoms. The number of hydrogen-bond acceptors (Lipinski definition) is 4. The van der Waals surface area contributed by atoms with Crippen LogP contribution in [0.5, 0.6) is 0 Å². The highest BCUT2D eigenvalue weighted by atomic mass is 32.1. The normalized spacial score (nSPS) is 22.8. The number of carbonyl (C=O) groups is 3. The Morgan fingerprint density at radius 2 is 1.96 bits per heavy atom. The molecule has 2 fully saturated rings. The van der Waals surface area contributed by atoms with Gasteiger partial charge in [0.25, 0.3) is 5.91 Å². The summed E-state index contributed by atoms with van der Waals surface area (Å²) in [7, 11) is 0. The number of carboxylic acid groups (broad SMARTS) is 1. The highest BCUT2D eigenvalue weighted by Crippen LogP contribution is 2.43. The molecule has 0 radical (unpaired) electrons. The number of carbonyl (C=O) groups excluding carboxylic acids is 2. The highest BCUT2D eigenvalue weighted by Gasteiger charge is 2.49. The van der Waals surface area contributed by atoms with Crippen molar-refractivity contribution in [2.75, 3.05) is 19.6 Å². The first-order valence-corrected chi connectivity index (χ1v) is 9.04. The summed E-state index contributed by atoms with van der Waals surface area (Å²) in [5.74, 6) is -1.06. The lowest BCUT2D eigenvalue weighted by atomic mass is 9.76. The van der Waals surface area contributed by atoms with Crippen molar-refractivity contribution in [2.45, 2.75) is 39.2 Å². The number of likely N-dealkylation sites (tertiary alicyclic amines) is 2. The van der Waals surface area contributed by atoms with Crippen molar-refractivity contribution < 1.29 is 19.5 Å². The van der Waals surface area contributed by atoms with Gasteiger partial charge in [0.05, 0.1) is 4.88 Å². The second-order valence-corrected chi connectivity index (χ2v) is 7.85. The van der Waals surface area contributed by atoms with Gasteiger partial charge in [0.2, 0.25) is 5.91 Å². The van der Waals surface area contributed by atoms with Gasteiger partial charge >= 0.3 is 5.97 Å². The first-order chi connectivity index (χ1) is 11.3. The lowest BCUT2D eigenvalue weighted by Gasteiger charge is -2.39. The molecule has 1 aromatic heterocycles. The van der Waals surface area contributed by atoms with Crippen LogP contribution in [-0.2, 0) is 9.59 Å². The molecule has 3 heterocycles. The first-order valence-electron chi connectivity index (χ1n) is 8.16. The lowest BCUT2D eigenvalue weighted by Crippen LogP contribution is -2.44. The Labute approximate surface area is 145 Å². The maximum Gasteiger partial charge on any atom is 0.326 e. The second kappa shape index (κ2) is 6.20. The molecular formula is C17H22N2O4S. The van der Waals surface area contributed by atoms with E-state index in [0.717, 1.165) is 23.3 Å². The molecule has 0 aromatic carbocycles. The minimum atomic E-state index is -0.935. The number of carboxylic acids is 1. The Bertz CT molecular complexity index is 652. The molecule has 3 rings (SSSR count). The van der Waals surface area contributed by atoms with Crippen LogP contribution in [-0.4, -0.2) is 58.4 Å². The van der Waals surface area contributed by atoms with Gasteiger partial charge in [-0.15, -0.1) is 11.3 Å². The summed E-state index contributed by atoms with van der Waals surface area (Å²) in [4.78, 5) is 39.9. The van der Waals surface area contributed by atoms with Crippen LogP contribution in [0.2, 0.25) is 0 Å². The number of nitrogens with zero attached hydrogens (tertiary/aromatic N) is 2. The predicted molar refractivity (Wildman–Crippen MR) is 90.1 cm³/mol. The first kappa shape index (κ1) is 17.0. The average molecular weight is 350 g/mol. The zero-order valence-electron chi connectivity index (χ0n) is 13.9. The van der Waals surface area contributed by atoms with Gasteiger partial charge in [0.1, 0.15) is 6.04 Å². The van der Waals surface area contributed by atoms with Crippen LogP contribution in [0, 0.1) is 12.3 Å². The molecule has 24 heavy (non-hydrogen) atoms. The summed E-state index contributed by atoms with van der Waals surface area (Å²) >= 11 is 1.46. The van der Waals surface area contributed by atoms with Crippen molar-refractivity contribution in [1.29, 1.82) is 0 Å². The largest absolute Gasteiger partial charge is 0.480 e. The molecule has 0 bridgehead atoms. The fourth-order valence-corrected chi connectivity index (χ4v) is 4.78. The third kappa shape index (κ3) is 2.92. The van der Waals surface area contributed by atoms with E-state index in [1.54, 1.807) is 0 Å². The standard InChI is InChI=1S/C17H22N2O4S/c1-11-3-8-24-14(11)15(21)18-6-4-17(5-7-18)9-13(16(22)23)19(10-17)12(2)20/h3,8,13H,4-7,9-10H2,1-2H3,(H,22,23)/t13-/m1/s1. The van der Waals surface area contributed by atoms with Crippen molar-refractivity contribution >= 4 is 29.1 Å². The van der Waals surface area contributed by atoms with Crippen molar-refractivity contribution in [3.63, 3.8) is 0 Å². The van der Waals surface area contributed by atoms with Crippen LogP contribution in [0.1, 0.15) is 41.4 Å². The summed E-state index contributed by atoms with van der Waals surface area (Å²) < 4.78 is 0. The maximum absolute atomic E-state index is 12.6. The third-order valence-corrected chi connectivity index (χ3v) is 6.37. The van der Waals surface area contributed by atoms with Gasteiger partial charge < -0.3 is 14.9 Å². The van der Waals surface area contributed by atoms with E-state index < -0.39 is 12.0 Å². The van der Waals surface area contributed by atoms with Crippen LogP contribution in [0.4, 0.5) is 0 Å². The van der Waals surface area contributed by atoms with Crippen molar-refractivity contribution in [1.82, 2.24) is 9.80 Å². The Morgan fingerprint density at radius 3 is 2.42 bits per heavy atom. The Morgan fingerprint density at radius 1 is 1.29 bits per heavy atom. The van der Waals surface area contributed by atoms with Gasteiger partial charge in [0, 0.05) is 26.6 Å². The lowest BCUT2D eigenvalue weighted by molar-refractivity contribution is -0.147. The number of thiophene rings is 1. The number of amides is 2. The third-order valence-electron chi connectivity index (χ3n) is 5.37. The van der Waals surface area contributed by atoms with Gasteiger partial charge in [-0.25, -0.2) is 4.79 Å². The van der Waals surface area contributed by atoms with Crippen LogP contribution in [0.3, 0.4) is 0 Å². The molecule has 1 atom stereocenters. The summed E-state index contributed by atoms with van der Waals surface area (Å²) in [5.41, 5.74) is 0.829. The van der Waals surface area contributed by atoms with E-state index in [2.05, 4.69) is 0 Å². The molecule has 6 nitrogen and oxygen atoms in total. The minimum Gasteiger partial charge on any atom is -0.480 e. The smallest absolute Gasteiger partial charge is 0.326 e. The Balaban J connectivity index is 1.69. The van der Waals surface area contributed by atoms with E-state index in [9.17, 15) is 19.5 Å². The molecular weight excluding hydrogens is 328 g/mol. The summed E-state index contributed by atoms with van der Waals surface area (Å²) in [5, 5.41) is 11.3. The van der Waals surface area contributed by atoms with Crippen LogP contribution in [0.15, 0.2) is 11.4 Å². The maximum atomic E-state index is 12.6. The van der Waals surface area contributed by atoms with Gasteiger partial charge in [0.15, 0.2) is 0 Å². The summed E-state index contributed by atoms with van der Waals surface area (Å²) in [6.45, 7) is 5.09.